The molecule has 1 amide bonds. The highest BCUT2D eigenvalue weighted by atomic mass is 16.6. The number of rotatable bonds is 7. The molecule has 0 bridgehead atoms. The van der Waals surface area contributed by atoms with Crippen molar-refractivity contribution >= 4 is 17.8 Å². The van der Waals surface area contributed by atoms with Crippen molar-refractivity contribution in [2.24, 2.45) is 0 Å². The summed E-state index contributed by atoms with van der Waals surface area (Å²) in [7, 11) is 1.22. The van der Waals surface area contributed by atoms with Crippen LogP contribution in [0.3, 0.4) is 0 Å². The van der Waals surface area contributed by atoms with Gasteiger partial charge in [0.2, 0.25) is 0 Å². The fraction of sp³-hybridized carbons (Fsp3) is 0.786. The first kappa shape index (κ1) is 18.4. The second-order valence-corrected chi connectivity index (χ2v) is 5.56. The number of ketones is 1. The highest BCUT2D eigenvalue weighted by molar-refractivity contribution is 5.99. The van der Waals surface area contributed by atoms with E-state index in [2.05, 4.69) is 10.1 Å². The molecule has 0 aliphatic carbocycles. The number of nitrogens with one attached hydrogen (secondary N) is 1. The molecular formula is C14H25NO5. The topological polar surface area (TPSA) is 81.7 Å². The number of carbonyl (C=O) groups is 3. The van der Waals surface area contributed by atoms with E-state index in [1.807, 2.05) is 6.92 Å². The summed E-state index contributed by atoms with van der Waals surface area (Å²) < 4.78 is 9.57. The molecule has 20 heavy (non-hydrogen) atoms. The number of esters is 1. The van der Waals surface area contributed by atoms with Gasteiger partial charge in [-0.05, 0) is 27.2 Å². The Kier molecular flexibility index (Phi) is 7.87. The number of unbranched alkanes of at least 4 members (excludes halogenated alkanes) is 1. The zero-order valence-corrected chi connectivity index (χ0v) is 12.9. The summed E-state index contributed by atoms with van der Waals surface area (Å²) in [5, 5.41) is 2.52. The molecule has 0 aromatic heterocycles. The lowest BCUT2D eigenvalue weighted by molar-refractivity contribution is -0.143. The van der Waals surface area contributed by atoms with Crippen LogP contribution in [0.15, 0.2) is 0 Å². The lowest BCUT2D eigenvalue weighted by atomic mass is 10.0. The van der Waals surface area contributed by atoms with Gasteiger partial charge < -0.3 is 14.8 Å². The summed E-state index contributed by atoms with van der Waals surface area (Å²) >= 11 is 0. The zero-order chi connectivity index (χ0) is 15.8. The van der Waals surface area contributed by atoms with E-state index in [-0.39, 0.29) is 12.2 Å². The minimum absolute atomic E-state index is 0.347. The van der Waals surface area contributed by atoms with Crippen LogP contribution in [0.5, 0.6) is 0 Å². The number of methoxy groups -OCH3 is 1. The molecule has 6 nitrogen and oxygen atoms in total. The molecule has 1 atom stereocenters. The number of Topliss-reactive ketones (excluding diaryl/α,β-unsaturated/α-hetero) is 1. The van der Waals surface area contributed by atoms with Crippen LogP contribution in [0, 0.1) is 0 Å². The van der Waals surface area contributed by atoms with Crippen molar-refractivity contribution in [1.82, 2.24) is 5.32 Å². The third-order valence-corrected chi connectivity index (χ3v) is 2.47. The molecule has 0 radical (unpaired) electrons. The molecule has 0 rings (SSSR count). The van der Waals surface area contributed by atoms with Crippen LogP contribution < -0.4 is 5.32 Å². The van der Waals surface area contributed by atoms with Crippen molar-refractivity contribution in [3.63, 3.8) is 0 Å². The van der Waals surface area contributed by atoms with Crippen LogP contribution in [0.25, 0.3) is 0 Å². The summed E-state index contributed by atoms with van der Waals surface area (Å²) in [6, 6.07) is -0.719. The maximum absolute atomic E-state index is 11.9. The maximum atomic E-state index is 11.9. The molecule has 0 aromatic rings. The zero-order valence-electron chi connectivity index (χ0n) is 12.9. The Morgan fingerprint density at radius 3 is 2.25 bits per heavy atom. The van der Waals surface area contributed by atoms with Crippen LogP contribution in [0.1, 0.15) is 53.4 Å². The molecule has 0 heterocycles. The average molecular weight is 287 g/mol. The molecule has 1 N–H and O–H groups in total. The number of hydrogen-bond acceptors (Lipinski definition) is 5. The van der Waals surface area contributed by atoms with Gasteiger partial charge in [-0.25, -0.2) is 4.79 Å². The minimum atomic E-state index is -0.719. The lowest BCUT2D eigenvalue weighted by Gasteiger charge is -2.23. The van der Waals surface area contributed by atoms with Gasteiger partial charge in [-0.15, -0.1) is 0 Å². The van der Waals surface area contributed by atoms with Gasteiger partial charge in [0.15, 0.2) is 5.78 Å². The van der Waals surface area contributed by atoms with Gasteiger partial charge in [0.25, 0.3) is 0 Å². The summed E-state index contributed by atoms with van der Waals surface area (Å²) in [6.45, 7) is 7.20. The smallest absolute Gasteiger partial charge is 0.408 e. The van der Waals surface area contributed by atoms with Gasteiger partial charge in [-0.1, -0.05) is 19.8 Å². The standard InChI is InChI=1S/C14H25NO5/c1-6-7-8-10(11(16)9-12(17)19-5)15-13(18)20-14(2,3)4/h10H,6-9H2,1-5H3,(H,15,18)/t10-/m0/s1. The highest BCUT2D eigenvalue weighted by Crippen LogP contribution is 2.09. The second kappa shape index (κ2) is 8.55. The van der Waals surface area contributed by atoms with Crippen molar-refractivity contribution in [3.8, 4) is 0 Å². The fourth-order valence-corrected chi connectivity index (χ4v) is 1.51. The van der Waals surface area contributed by atoms with Crippen LogP contribution in [-0.2, 0) is 19.1 Å². The van der Waals surface area contributed by atoms with Crippen LogP contribution >= 0.6 is 0 Å². The van der Waals surface area contributed by atoms with E-state index in [1.54, 1.807) is 20.8 Å². The highest BCUT2D eigenvalue weighted by Gasteiger charge is 2.25. The largest absolute Gasteiger partial charge is 0.469 e. The number of alkyl carbamates (subject to hydrolysis) is 1. The van der Waals surface area contributed by atoms with E-state index < -0.39 is 23.7 Å². The SMILES string of the molecule is CCCC[C@H](NC(=O)OC(C)(C)C)C(=O)CC(=O)OC. The molecule has 0 aromatic carbocycles. The third-order valence-electron chi connectivity index (χ3n) is 2.47. The van der Waals surface area contributed by atoms with Gasteiger partial charge >= 0.3 is 12.1 Å². The number of carbonyl (C=O) groups excluding carboxylic acids is 3. The van der Waals surface area contributed by atoms with Crippen molar-refractivity contribution in [1.29, 1.82) is 0 Å². The Morgan fingerprint density at radius 1 is 1.20 bits per heavy atom. The van der Waals surface area contributed by atoms with E-state index in [1.165, 1.54) is 7.11 Å². The van der Waals surface area contributed by atoms with E-state index >= 15 is 0 Å². The van der Waals surface area contributed by atoms with Gasteiger partial charge in [0.1, 0.15) is 12.0 Å². The molecule has 116 valence electrons. The Balaban J connectivity index is 4.58. The monoisotopic (exact) mass is 287 g/mol. The fourth-order valence-electron chi connectivity index (χ4n) is 1.51. The number of amides is 1. The number of ether oxygens (including phenoxy) is 2. The normalized spacial score (nSPS) is 12.4. The summed E-state index contributed by atoms with van der Waals surface area (Å²) in [5.41, 5.74) is -0.634. The van der Waals surface area contributed by atoms with Gasteiger partial charge in [0.05, 0.1) is 13.2 Å². The summed E-state index contributed by atoms with van der Waals surface area (Å²) in [5.74, 6) is -0.973. The summed E-state index contributed by atoms with van der Waals surface area (Å²) in [4.78, 5) is 34.8. The van der Waals surface area contributed by atoms with Crippen molar-refractivity contribution in [2.75, 3.05) is 7.11 Å². The maximum Gasteiger partial charge on any atom is 0.408 e. The average Bonchev–Trinajstić information content (AvgIpc) is 2.31. The summed E-state index contributed by atoms with van der Waals surface area (Å²) in [6.07, 6.45) is 1.13. The Hall–Kier alpha value is -1.59. The molecule has 0 saturated heterocycles. The quantitative estimate of drug-likeness (QED) is 0.573. The molecule has 0 saturated carbocycles. The van der Waals surface area contributed by atoms with Gasteiger partial charge in [-0.2, -0.15) is 0 Å². The van der Waals surface area contributed by atoms with Gasteiger partial charge in [0, 0.05) is 0 Å². The second-order valence-electron chi connectivity index (χ2n) is 5.56. The third kappa shape index (κ3) is 8.50. The van der Waals surface area contributed by atoms with Gasteiger partial charge in [-0.3, -0.25) is 9.59 Å². The molecular weight excluding hydrogens is 262 g/mol. The Morgan fingerprint density at radius 2 is 1.80 bits per heavy atom. The van der Waals surface area contributed by atoms with Crippen LogP contribution in [-0.4, -0.2) is 36.6 Å². The minimum Gasteiger partial charge on any atom is -0.469 e. The Labute approximate surface area is 120 Å². The Bertz CT molecular complexity index is 346. The molecule has 0 aliphatic heterocycles. The molecule has 0 unspecified atom stereocenters. The van der Waals surface area contributed by atoms with E-state index in [4.69, 9.17) is 4.74 Å². The molecule has 0 aliphatic rings. The van der Waals surface area contributed by atoms with Crippen molar-refractivity contribution in [3.05, 3.63) is 0 Å². The van der Waals surface area contributed by atoms with E-state index in [9.17, 15) is 14.4 Å². The first-order valence-corrected chi connectivity index (χ1v) is 6.78. The van der Waals surface area contributed by atoms with Crippen molar-refractivity contribution < 1.29 is 23.9 Å². The first-order chi connectivity index (χ1) is 9.19. The van der Waals surface area contributed by atoms with Crippen LogP contribution in [0.2, 0.25) is 0 Å². The molecule has 0 spiro atoms. The van der Waals surface area contributed by atoms with Crippen molar-refractivity contribution in [2.45, 2.75) is 65.0 Å². The molecule has 6 heteroatoms. The van der Waals surface area contributed by atoms with E-state index in [0.717, 1.165) is 12.8 Å². The van der Waals surface area contributed by atoms with Crippen LogP contribution in [0.4, 0.5) is 4.79 Å². The first-order valence-electron chi connectivity index (χ1n) is 6.78. The number of hydrogen-bond donors (Lipinski definition) is 1. The predicted octanol–water partition coefficient (Wildman–Crippen LogP) is 2.20. The van der Waals surface area contributed by atoms with E-state index in [0.29, 0.717) is 6.42 Å². The lowest BCUT2D eigenvalue weighted by Crippen LogP contribution is -2.44. The molecule has 0 fully saturated rings. The predicted molar refractivity (Wildman–Crippen MR) is 74.3 cm³/mol.